The second-order valence-corrected chi connectivity index (χ2v) is 9.63. The molecule has 0 radical (unpaired) electrons. The van der Waals surface area contributed by atoms with Crippen molar-refractivity contribution in [1.29, 1.82) is 0 Å². The Morgan fingerprint density at radius 3 is 2.67 bits per heavy atom. The van der Waals surface area contributed by atoms with Crippen LogP contribution < -0.4 is 21.1 Å². The molecule has 12 nitrogen and oxygen atoms in total. The second kappa shape index (κ2) is 8.84. The minimum atomic E-state index is -3.87. The number of carbonyl (C=O) groups excluding carboxylic acids is 2. The molecule has 0 saturated carbocycles. The molecule has 0 bridgehead atoms. The Bertz CT molecular complexity index is 1510. The summed E-state index contributed by atoms with van der Waals surface area (Å²) in [5.41, 5.74) is 4.38. The topological polar surface area (TPSA) is 157 Å². The number of carbonyl (C=O) groups is 2. The molecule has 3 heterocycles. The van der Waals surface area contributed by atoms with Crippen LogP contribution in [-0.2, 0) is 28.4 Å². The number of rotatable bonds is 6. The van der Waals surface area contributed by atoms with Gasteiger partial charge in [0, 0.05) is 7.05 Å². The zero-order valence-corrected chi connectivity index (χ0v) is 18.7. The summed E-state index contributed by atoms with van der Waals surface area (Å²) >= 11 is 1.04. The Labute approximate surface area is 190 Å². The van der Waals surface area contributed by atoms with E-state index in [0.717, 1.165) is 15.9 Å². The molecule has 33 heavy (non-hydrogen) atoms. The van der Waals surface area contributed by atoms with Crippen LogP contribution in [0.1, 0.15) is 10.4 Å². The Kier molecular flexibility index (Phi) is 5.93. The number of fused-ring (bicyclic) bond motifs is 1. The molecule has 0 unspecified atom stereocenters. The van der Waals surface area contributed by atoms with E-state index in [2.05, 4.69) is 25.7 Å². The summed E-state index contributed by atoms with van der Waals surface area (Å²) < 4.78 is 30.0. The maximum absolute atomic E-state index is 12.6. The first kappa shape index (κ1) is 22.2. The van der Waals surface area contributed by atoms with Gasteiger partial charge in [0.1, 0.15) is 22.5 Å². The monoisotopic (exact) mass is 487 g/mol. The Balaban J connectivity index is 1.44. The zero-order valence-electron chi connectivity index (χ0n) is 17.0. The molecule has 0 aliphatic carbocycles. The van der Waals surface area contributed by atoms with Crippen molar-refractivity contribution in [3.63, 3.8) is 0 Å². The molecule has 0 aliphatic rings. The minimum absolute atomic E-state index is 0.00598. The van der Waals surface area contributed by atoms with Crippen LogP contribution in [0.2, 0.25) is 0 Å². The normalized spacial score (nSPS) is 11.3. The molecule has 3 aromatic heterocycles. The summed E-state index contributed by atoms with van der Waals surface area (Å²) in [6, 6.07) is 8.98. The molecule has 170 valence electrons. The molecule has 2 amide bonds. The van der Waals surface area contributed by atoms with Crippen LogP contribution in [0.3, 0.4) is 0 Å². The van der Waals surface area contributed by atoms with E-state index in [-0.39, 0.29) is 20.8 Å². The van der Waals surface area contributed by atoms with E-state index >= 15 is 0 Å². The third-order valence-electron chi connectivity index (χ3n) is 4.52. The van der Waals surface area contributed by atoms with Gasteiger partial charge in [-0.3, -0.25) is 39.2 Å². The van der Waals surface area contributed by atoms with Crippen molar-refractivity contribution < 1.29 is 18.0 Å². The van der Waals surface area contributed by atoms with Gasteiger partial charge >= 0.3 is 0 Å². The van der Waals surface area contributed by atoms with Crippen molar-refractivity contribution in [1.82, 2.24) is 30.2 Å². The predicted octanol–water partition coefficient (Wildman–Crippen LogP) is 0.454. The summed E-state index contributed by atoms with van der Waals surface area (Å²) in [5, 5.41) is 5.83. The van der Waals surface area contributed by atoms with Gasteiger partial charge < -0.3 is 0 Å². The lowest BCUT2D eigenvalue weighted by molar-refractivity contribution is -0.122. The van der Waals surface area contributed by atoms with Crippen LogP contribution in [0.5, 0.6) is 0 Å². The van der Waals surface area contributed by atoms with E-state index in [4.69, 9.17) is 0 Å². The number of nitrogens with one attached hydrogen (secondary N) is 3. The average Bonchev–Trinajstić information content (AvgIpc) is 3.45. The lowest BCUT2D eigenvalue weighted by Gasteiger charge is -2.13. The number of nitrogens with zero attached hydrogens (tertiary/aromatic N) is 4. The van der Waals surface area contributed by atoms with Gasteiger partial charge in [-0.05, 0) is 23.6 Å². The molecule has 0 fully saturated rings. The molecule has 0 atom stereocenters. The van der Waals surface area contributed by atoms with Gasteiger partial charge in [0.2, 0.25) is 0 Å². The first-order valence-corrected chi connectivity index (χ1v) is 11.7. The highest BCUT2D eigenvalue weighted by Crippen LogP contribution is 2.22. The number of aryl methyl sites for hydroxylation is 1. The van der Waals surface area contributed by atoms with E-state index < -0.39 is 33.9 Å². The Hall–Kier alpha value is -4.04. The summed E-state index contributed by atoms with van der Waals surface area (Å²) in [6.07, 6.45) is 2.57. The number of aromatic nitrogens is 4. The number of hydrogen-bond acceptors (Lipinski definition) is 8. The first-order valence-electron chi connectivity index (χ1n) is 9.38. The van der Waals surface area contributed by atoms with Crippen molar-refractivity contribution in [2.24, 2.45) is 7.05 Å². The Morgan fingerprint density at radius 2 is 1.91 bits per heavy atom. The summed E-state index contributed by atoms with van der Waals surface area (Å²) in [7, 11) is -2.23. The van der Waals surface area contributed by atoms with Crippen LogP contribution in [0.4, 0.5) is 5.69 Å². The van der Waals surface area contributed by atoms with Crippen LogP contribution in [-0.4, -0.2) is 39.6 Å². The minimum Gasteiger partial charge on any atom is -0.289 e. The molecule has 4 aromatic rings. The maximum Gasteiger partial charge on any atom is 0.271 e. The van der Waals surface area contributed by atoms with Crippen molar-refractivity contribution in [2.75, 3.05) is 4.72 Å². The van der Waals surface area contributed by atoms with Gasteiger partial charge in [0.15, 0.2) is 5.65 Å². The summed E-state index contributed by atoms with van der Waals surface area (Å²) in [5.74, 6) is -1.44. The number of sulfonamides is 1. The fourth-order valence-corrected chi connectivity index (χ4v) is 5.02. The molecule has 4 rings (SSSR count). The highest BCUT2D eigenvalue weighted by molar-refractivity contribution is 7.94. The van der Waals surface area contributed by atoms with Crippen LogP contribution in [0, 0.1) is 0 Å². The average molecular weight is 488 g/mol. The number of hydrazine groups is 1. The van der Waals surface area contributed by atoms with Gasteiger partial charge in [0.05, 0.1) is 17.4 Å². The molecular formula is C19H17N7O5S2. The molecule has 0 spiro atoms. The van der Waals surface area contributed by atoms with Crippen LogP contribution in [0.25, 0.3) is 11.0 Å². The fourth-order valence-electron chi connectivity index (χ4n) is 2.95. The quantitative estimate of drug-likeness (QED) is 0.333. The van der Waals surface area contributed by atoms with Gasteiger partial charge in [-0.1, -0.05) is 18.2 Å². The molecule has 0 saturated heterocycles. The van der Waals surface area contributed by atoms with Gasteiger partial charge in [-0.15, -0.1) is 11.3 Å². The summed E-state index contributed by atoms with van der Waals surface area (Å²) in [6.45, 7) is -0.399. The third-order valence-corrected chi connectivity index (χ3v) is 7.29. The van der Waals surface area contributed by atoms with Gasteiger partial charge in [-0.25, -0.2) is 13.4 Å². The van der Waals surface area contributed by atoms with Crippen molar-refractivity contribution in [2.45, 2.75) is 10.8 Å². The molecule has 3 N–H and O–H groups in total. The SMILES string of the molecule is Cn1ncc2c(=O)n(CC(=O)NNC(=O)c3ccccc3NS(=O)(=O)c3cccs3)cnc21. The van der Waals surface area contributed by atoms with Crippen LogP contribution in [0.15, 0.2) is 63.3 Å². The van der Waals surface area contributed by atoms with E-state index in [9.17, 15) is 22.8 Å². The number of para-hydroxylation sites is 1. The predicted molar refractivity (Wildman–Crippen MR) is 120 cm³/mol. The number of benzene rings is 1. The van der Waals surface area contributed by atoms with Gasteiger partial charge in [-0.2, -0.15) is 5.10 Å². The molecule has 1 aromatic carbocycles. The lowest BCUT2D eigenvalue weighted by Crippen LogP contribution is -2.44. The fraction of sp³-hybridized carbons (Fsp3) is 0.105. The van der Waals surface area contributed by atoms with E-state index in [1.165, 1.54) is 35.4 Å². The largest absolute Gasteiger partial charge is 0.289 e. The summed E-state index contributed by atoms with van der Waals surface area (Å²) in [4.78, 5) is 41.4. The van der Waals surface area contributed by atoms with E-state index in [1.54, 1.807) is 30.6 Å². The zero-order chi connectivity index (χ0) is 23.6. The highest BCUT2D eigenvalue weighted by atomic mass is 32.2. The second-order valence-electron chi connectivity index (χ2n) is 6.77. The van der Waals surface area contributed by atoms with Crippen molar-refractivity contribution in [3.8, 4) is 0 Å². The highest BCUT2D eigenvalue weighted by Gasteiger charge is 2.20. The Morgan fingerprint density at radius 1 is 1.12 bits per heavy atom. The van der Waals surface area contributed by atoms with Crippen molar-refractivity contribution >= 4 is 49.9 Å². The number of amides is 2. The molecular weight excluding hydrogens is 470 g/mol. The standard InChI is InChI=1S/C19H17N7O5S2/c1-25-17-13(9-21-25)19(29)26(11-20-17)10-15(27)22-23-18(28)12-5-2-3-6-14(12)24-33(30,31)16-7-4-8-32-16/h2-9,11,24H,10H2,1H3,(H,22,27)(H,23,28). The first-order chi connectivity index (χ1) is 15.8. The smallest absolute Gasteiger partial charge is 0.271 e. The maximum atomic E-state index is 12.6. The van der Waals surface area contributed by atoms with Gasteiger partial charge in [0.25, 0.3) is 27.4 Å². The van der Waals surface area contributed by atoms with E-state index in [0.29, 0.717) is 5.65 Å². The van der Waals surface area contributed by atoms with E-state index in [1.807, 2.05) is 0 Å². The number of anilines is 1. The van der Waals surface area contributed by atoms with Crippen LogP contribution >= 0.6 is 11.3 Å². The third kappa shape index (κ3) is 4.61. The number of hydrogen-bond donors (Lipinski definition) is 3. The van der Waals surface area contributed by atoms with Crippen molar-refractivity contribution in [3.05, 3.63) is 70.2 Å². The lowest BCUT2D eigenvalue weighted by atomic mass is 10.2. The molecule has 0 aliphatic heterocycles. The molecule has 14 heteroatoms. The number of thiophene rings is 1.